The van der Waals surface area contributed by atoms with Crippen LogP contribution in [0.3, 0.4) is 0 Å². The number of rotatable bonds is 2. The minimum atomic E-state index is 0.162. The van der Waals surface area contributed by atoms with Gasteiger partial charge in [0.2, 0.25) is 5.91 Å². The summed E-state index contributed by atoms with van der Waals surface area (Å²) in [6.07, 6.45) is 1.70. The Morgan fingerprint density at radius 1 is 1.50 bits per heavy atom. The first kappa shape index (κ1) is 10.9. The van der Waals surface area contributed by atoms with Crippen molar-refractivity contribution in [2.24, 2.45) is 0 Å². The number of carbonyl (C=O) groups excluding carboxylic acids is 1. The number of hydrogen-bond donors (Lipinski definition) is 1. The topological polar surface area (TPSA) is 62.5 Å². The molecule has 86 valence electrons. The number of amides is 1. The smallest absolute Gasteiger partial charge is 0.236 e. The molecular weight excluding hydrogens is 204 g/mol. The fourth-order valence-electron chi connectivity index (χ4n) is 1.75. The average molecular weight is 220 g/mol. The van der Waals surface area contributed by atoms with Crippen molar-refractivity contribution in [3.05, 3.63) is 24.0 Å². The third-order valence-corrected chi connectivity index (χ3v) is 2.76. The van der Waals surface area contributed by atoms with E-state index in [0.717, 1.165) is 18.8 Å². The van der Waals surface area contributed by atoms with Crippen molar-refractivity contribution in [3.63, 3.8) is 0 Å². The first-order valence-corrected chi connectivity index (χ1v) is 5.32. The zero-order valence-corrected chi connectivity index (χ0v) is 9.39. The normalized spacial score (nSPS) is 17.8. The highest BCUT2D eigenvalue weighted by atomic mass is 16.2. The van der Waals surface area contributed by atoms with E-state index in [1.54, 1.807) is 17.2 Å². The van der Waals surface area contributed by atoms with Crippen molar-refractivity contribution in [2.45, 2.75) is 6.54 Å². The molecular formula is C11H16N4O. The van der Waals surface area contributed by atoms with Crippen molar-refractivity contribution in [1.82, 2.24) is 14.8 Å². The molecule has 0 atom stereocenters. The summed E-state index contributed by atoms with van der Waals surface area (Å²) in [6, 6.07) is 3.61. The van der Waals surface area contributed by atoms with Gasteiger partial charge in [-0.25, -0.2) is 0 Å². The largest absolute Gasteiger partial charge is 0.399 e. The van der Waals surface area contributed by atoms with Crippen molar-refractivity contribution < 1.29 is 4.79 Å². The highest BCUT2D eigenvalue weighted by molar-refractivity contribution is 5.78. The van der Waals surface area contributed by atoms with E-state index >= 15 is 0 Å². The van der Waals surface area contributed by atoms with E-state index in [1.807, 2.05) is 13.1 Å². The predicted molar refractivity (Wildman–Crippen MR) is 61.6 cm³/mol. The number of nitrogen functional groups attached to an aromatic ring is 1. The second kappa shape index (κ2) is 4.49. The van der Waals surface area contributed by atoms with E-state index in [4.69, 9.17) is 5.73 Å². The molecule has 0 radical (unpaired) electrons. The van der Waals surface area contributed by atoms with Crippen molar-refractivity contribution in [2.75, 3.05) is 32.4 Å². The van der Waals surface area contributed by atoms with Crippen molar-refractivity contribution in [3.8, 4) is 0 Å². The molecule has 1 aromatic rings. The molecule has 5 nitrogen and oxygen atoms in total. The molecule has 0 saturated carbocycles. The molecule has 1 fully saturated rings. The molecule has 0 bridgehead atoms. The van der Waals surface area contributed by atoms with Gasteiger partial charge in [-0.2, -0.15) is 0 Å². The third-order valence-electron chi connectivity index (χ3n) is 2.76. The molecule has 2 heterocycles. The highest BCUT2D eigenvalue weighted by Crippen LogP contribution is 2.08. The Balaban J connectivity index is 1.98. The Hall–Kier alpha value is -1.62. The molecule has 0 spiro atoms. The fourth-order valence-corrected chi connectivity index (χ4v) is 1.75. The molecule has 0 unspecified atom stereocenters. The van der Waals surface area contributed by atoms with Gasteiger partial charge < -0.3 is 10.6 Å². The molecule has 5 heteroatoms. The van der Waals surface area contributed by atoms with Crippen LogP contribution < -0.4 is 5.73 Å². The van der Waals surface area contributed by atoms with E-state index in [1.165, 1.54) is 0 Å². The van der Waals surface area contributed by atoms with Crippen LogP contribution in [0.1, 0.15) is 5.69 Å². The lowest BCUT2D eigenvalue weighted by atomic mass is 10.2. The lowest BCUT2D eigenvalue weighted by Gasteiger charge is -2.31. The van der Waals surface area contributed by atoms with Gasteiger partial charge in [-0.15, -0.1) is 0 Å². The van der Waals surface area contributed by atoms with Gasteiger partial charge in [0.25, 0.3) is 0 Å². The Labute approximate surface area is 94.9 Å². The van der Waals surface area contributed by atoms with Crippen LogP contribution in [0.2, 0.25) is 0 Å². The lowest BCUT2D eigenvalue weighted by Crippen LogP contribution is -2.48. The zero-order chi connectivity index (χ0) is 11.5. The van der Waals surface area contributed by atoms with Gasteiger partial charge in [-0.3, -0.25) is 14.7 Å². The van der Waals surface area contributed by atoms with E-state index in [9.17, 15) is 4.79 Å². The third kappa shape index (κ3) is 2.49. The summed E-state index contributed by atoms with van der Waals surface area (Å²) in [5, 5.41) is 0. The van der Waals surface area contributed by atoms with Crippen LogP contribution in [0.4, 0.5) is 5.69 Å². The van der Waals surface area contributed by atoms with Crippen LogP contribution in [-0.2, 0) is 11.3 Å². The van der Waals surface area contributed by atoms with Crippen LogP contribution in [0.15, 0.2) is 18.3 Å². The number of piperazine rings is 1. The molecule has 0 aliphatic carbocycles. The van der Waals surface area contributed by atoms with Crippen LogP contribution in [0, 0.1) is 0 Å². The monoisotopic (exact) mass is 220 g/mol. The van der Waals surface area contributed by atoms with Gasteiger partial charge in [-0.1, -0.05) is 0 Å². The van der Waals surface area contributed by atoms with Crippen LogP contribution in [-0.4, -0.2) is 47.4 Å². The zero-order valence-electron chi connectivity index (χ0n) is 9.39. The minimum absolute atomic E-state index is 0.162. The molecule has 16 heavy (non-hydrogen) atoms. The van der Waals surface area contributed by atoms with E-state index < -0.39 is 0 Å². The van der Waals surface area contributed by atoms with Gasteiger partial charge in [-0.05, 0) is 12.1 Å². The van der Waals surface area contributed by atoms with Gasteiger partial charge in [0.15, 0.2) is 0 Å². The van der Waals surface area contributed by atoms with Gasteiger partial charge in [0.1, 0.15) is 0 Å². The van der Waals surface area contributed by atoms with Gasteiger partial charge in [0.05, 0.1) is 12.2 Å². The number of likely N-dealkylation sites (N-methyl/N-ethyl adjacent to an activating group) is 1. The highest BCUT2D eigenvalue weighted by Gasteiger charge is 2.20. The summed E-state index contributed by atoms with van der Waals surface area (Å²) >= 11 is 0. The molecule has 2 N–H and O–H groups in total. The molecule has 1 aromatic heterocycles. The van der Waals surface area contributed by atoms with Crippen molar-refractivity contribution >= 4 is 11.6 Å². The summed E-state index contributed by atoms with van der Waals surface area (Å²) in [4.78, 5) is 19.6. The average Bonchev–Trinajstić information content (AvgIpc) is 2.24. The van der Waals surface area contributed by atoms with E-state index in [-0.39, 0.29) is 5.91 Å². The number of nitrogens with two attached hydrogens (primary N) is 1. The summed E-state index contributed by atoms with van der Waals surface area (Å²) in [6.45, 7) is 2.82. The van der Waals surface area contributed by atoms with Gasteiger partial charge >= 0.3 is 0 Å². The Morgan fingerprint density at radius 2 is 2.31 bits per heavy atom. The Kier molecular flexibility index (Phi) is 3.05. The van der Waals surface area contributed by atoms with E-state index in [2.05, 4.69) is 9.88 Å². The SMILES string of the molecule is CN1CCN(Cc2cc(N)ccn2)CC1=O. The van der Waals surface area contributed by atoms with Crippen LogP contribution in [0.25, 0.3) is 0 Å². The maximum Gasteiger partial charge on any atom is 0.236 e. The number of aromatic nitrogens is 1. The summed E-state index contributed by atoms with van der Waals surface area (Å²) in [5.74, 6) is 0.162. The van der Waals surface area contributed by atoms with E-state index in [0.29, 0.717) is 18.8 Å². The number of anilines is 1. The molecule has 1 saturated heterocycles. The summed E-state index contributed by atoms with van der Waals surface area (Å²) in [7, 11) is 1.83. The second-order valence-corrected chi connectivity index (χ2v) is 4.11. The molecule has 1 aliphatic rings. The number of pyridine rings is 1. The summed E-state index contributed by atoms with van der Waals surface area (Å²) in [5.41, 5.74) is 7.31. The molecule has 2 rings (SSSR count). The van der Waals surface area contributed by atoms with Crippen LogP contribution in [0.5, 0.6) is 0 Å². The van der Waals surface area contributed by atoms with Crippen molar-refractivity contribution in [1.29, 1.82) is 0 Å². The maximum atomic E-state index is 11.5. The first-order chi connectivity index (χ1) is 7.65. The number of hydrogen-bond acceptors (Lipinski definition) is 4. The number of carbonyl (C=O) groups is 1. The first-order valence-electron chi connectivity index (χ1n) is 5.32. The molecule has 1 aliphatic heterocycles. The van der Waals surface area contributed by atoms with Gasteiger partial charge in [0, 0.05) is 38.6 Å². The quantitative estimate of drug-likeness (QED) is 0.758. The lowest BCUT2D eigenvalue weighted by molar-refractivity contribution is -0.134. The maximum absolute atomic E-state index is 11.5. The standard InChI is InChI=1S/C11H16N4O/c1-14-4-5-15(8-11(14)16)7-10-6-9(12)2-3-13-10/h2-3,6H,4-5,7-8H2,1H3,(H2,12,13). The fraction of sp³-hybridized carbons (Fsp3) is 0.455. The predicted octanol–water partition coefficient (Wildman–Crippen LogP) is -0.0622. The van der Waals surface area contributed by atoms with Crippen LogP contribution >= 0.6 is 0 Å². The Morgan fingerprint density at radius 3 is 3.00 bits per heavy atom. The molecule has 0 aromatic carbocycles. The second-order valence-electron chi connectivity index (χ2n) is 4.11. The number of nitrogens with zero attached hydrogens (tertiary/aromatic N) is 3. The molecule has 1 amide bonds. The Bertz CT molecular complexity index is 393. The summed E-state index contributed by atoms with van der Waals surface area (Å²) < 4.78 is 0. The minimum Gasteiger partial charge on any atom is -0.399 e.